The molecule has 1 saturated heterocycles. The Labute approximate surface area is 135 Å². The van der Waals surface area contributed by atoms with Gasteiger partial charge in [0.1, 0.15) is 5.82 Å². The van der Waals surface area contributed by atoms with E-state index in [0.29, 0.717) is 23.6 Å². The third-order valence-electron chi connectivity index (χ3n) is 4.43. The van der Waals surface area contributed by atoms with E-state index in [1.54, 1.807) is 12.1 Å². The lowest BCUT2D eigenvalue weighted by molar-refractivity contribution is -0.122. The molecule has 0 aromatic heterocycles. The molecule has 0 bridgehead atoms. The average molecular weight is 326 g/mol. The van der Waals surface area contributed by atoms with E-state index in [4.69, 9.17) is 11.6 Å². The Kier molecular flexibility index (Phi) is 4.96. The Morgan fingerprint density at radius 3 is 2.91 bits per heavy atom. The molecule has 1 aromatic carbocycles. The van der Waals surface area contributed by atoms with Crippen molar-refractivity contribution in [3.63, 3.8) is 0 Å². The summed E-state index contributed by atoms with van der Waals surface area (Å²) in [6, 6.07) is 4.67. The molecule has 2 atom stereocenters. The van der Waals surface area contributed by atoms with Gasteiger partial charge in [-0.1, -0.05) is 17.7 Å². The van der Waals surface area contributed by atoms with Gasteiger partial charge in [-0.15, -0.1) is 0 Å². The molecule has 120 valence electrons. The molecule has 1 aromatic rings. The number of hydrogen-bond donors (Lipinski definition) is 2. The first kappa shape index (κ1) is 15.7. The zero-order valence-corrected chi connectivity index (χ0v) is 13.2. The van der Waals surface area contributed by atoms with Crippen molar-refractivity contribution in [3.05, 3.63) is 34.6 Å². The highest BCUT2D eigenvalue weighted by atomic mass is 35.5. The first-order valence-electron chi connectivity index (χ1n) is 7.81. The van der Waals surface area contributed by atoms with Gasteiger partial charge in [0.2, 0.25) is 5.91 Å². The molecule has 2 aliphatic rings. The normalized spacial score (nSPS) is 25.0. The van der Waals surface area contributed by atoms with Gasteiger partial charge in [-0.2, -0.15) is 0 Å². The van der Waals surface area contributed by atoms with Gasteiger partial charge in [-0.25, -0.2) is 4.39 Å². The molecule has 0 spiro atoms. The van der Waals surface area contributed by atoms with Crippen molar-refractivity contribution in [2.75, 3.05) is 39.3 Å². The van der Waals surface area contributed by atoms with Crippen LogP contribution in [0, 0.1) is 11.7 Å². The minimum absolute atomic E-state index is 0.0134. The van der Waals surface area contributed by atoms with Gasteiger partial charge in [0, 0.05) is 61.7 Å². The lowest BCUT2D eigenvalue weighted by Gasteiger charge is -2.27. The second-order valence-corrected chi connectivity index (χ2v) is 6.37. The Bertz CT molecular complexity index is 528. The van der Waals surface area contributed by atoms with E-state index in [9.17, 15) is 9.18 Å². The van der Waals surface area contributed by atoms with Crippen LogP contribution in [0.4, 0.5) is 4.39 Å². The van der Waals surface area contributed by atoms with E-state index < -0.39 is 0 Å². The molecule has 2 fully saturated rings. The molecule has 3 rings (SSSR count). The molecule has 22 heavy (non-hydrogen) atoms. The van der Waals surface area contributed by atoms with Crippen LogP contribution in [0.15, 0.2) is 18.2 Å². The highest BCUT2D eigenvalue weighted by Gasteiger charge is 2.46. The maximum atomic E-state index is 13.8. The monoisotopic (exact) mass is 325 g/mol. The van der Waals surface area contributed by atoms with E-state index in [-0.39, 0.29) is 23.6 Å². The Morgan fingerprint density at radius 1 is 1.41 bits per heavy atom. The topological polar surface area (TPSA) is 44.4 Å². The van der Waals surface area contributed by atoms with Crippen molar-refractivity contribution in [2.45, 2.75) is 12.3 Å². The number of halogens is 2. The SMILES string of the molecule is O=C(NCCN1CCNCC1)[C@@H]1C[C@H]1c1c(F)cccc1Cl. The van der Waals surface area contributed by atoms with Gasteiger partial charge in [-0.3, -0.25) is 9.69 Å². The number of piperazine rings is 1. The van der Waals surface area contributed by atoms with Crippen molar-refractivity contribution in [1.82, 2.24) is 15.5 Å². The molecule has 1 heterocycles. The molecule has 1 aliphatic heterocycles. The fraction of sp³-hybridized carbons (Fsp3) is 0.562. The summed E-state index contributed by atoms with van der Waals surface area (Å²) < 4.78 is 13.8. The largest absolute Gasteiger partial charge is 0.355 e. The summed E-state index contributed by atoms with van der Waals surface area (Å²) in [5.41, 5.74) is 0.492. The fourth-order valence-electron chi connectivity index (χ4n) is 3.07. The van der Waals surface area contributed by atoms with E-state index in [1.807, 2.05) is 0 Å². The first-order valence-corrected chi connectivity index (χ1v) is 8.19. The Hall–Kier alpha value is -1.17. The molecule has 1 amide bonds. The van der Waals surface area contributed by atoms with Gasteiger partial charge in [0.25, 0.3) is 0 Å². The van der Waals surface area contributed by atoms with Crippen LogP contribution >= 0.6 is 11.6 Å². The van der Waals surface area contributed by atoms with Crippen LogP contribution in [-0.4, -0.2) is 50.1 Å². The zero-order chi connectivity index (χ0) is 15.5. The molecular weight excluding hydrogens is 305 g/mol. The fourth-order valence-corrected chi connectivity index (χ4v) is 3.37. The van der Waals surface area contributed by atoms with Crippen molar-refractivity contribution >= 4 is 17.5 Å². The van der Waals surface area contributed by atoms with E-state index in [2.05, 4.69) is 15.5 Å². The van der Waals surface area contributed by atoms with Crippen molar-refractivity contribution < 1.29 is 9.18 Å². The predicted molar refractivity (Wildman–Crippen MR) is 84.6 cm³/mol. The number of amides is 1. The Morgan fingerprint density at radius 2 is 2.18 bits per heavy atom. The highest BCUT2D eigenvalue weighted by Crippen LogP contribution is 2.50. The minimum Gasteiger partial charge on any atom is -0.355 e. The summed E-state index contributed by atoms with van der Waals surface area (Å²) in [5.74, 6) is -0.515. The molecule has 1 aliphatic carbocycles. The molecule has 0 unspecified atom stereocenters. The van der Waals surface area contributed by atoms with Crippen LogP contribution in [0.25, 0.3) is 0 Å². The maximum Gasteiger partial charge on any atom is 0.223 e. The van der Waals surface area contributed by atoms with Gasteiger partial charge < -0.3 is 10.6 Å². The number of nitrogens with one attached hydrogen (secondary N) is 2. The van der Waals surface area contributed by atoms with Gasteiger partial charge in [0.15, 0.2) is 0 Å². The van der Waals surface area contributed by atoms with Gasteiger partial charge >= 0.3 is 0 Å². The molecule has 1 saturated carbocycles. The summed E-state index contributed by atoms with van der Waals surface area (Å²) >= 11 is 6.06. The summed E-state index contributed by atoms with van der Waals surface area (Å²) in [6.07, 6.45) is 0.681. The third kappa shape index (κ3) is 3.59. The van der Waals surface area contributed by atoms with E-state index in [1.165, 1.54) is 6.07 Å². The predicted octanol–water partition coefficient (Wildman–Crippen LogP) is 1.60. The Balaban J connectivity index is 1.46. The van der Waals surface area contributed by atoms with E-state index >= 15 is 0 Å². The number of nitrogens with zero attached hydrogens (tertiary/aromatic N) is 1. The minimum atomic E-state index is -0.311. The maximum absolute atomic E-state index is 13.8. The second kappa shape index (κ2) is 6.94. The quantitative estimate of drug-likeness (QED) is 0.864. The molecule has 0 radical (unpaired) electrons. The lowest BCUT2D eigenvalue weighted by Crippen LogP contribution is -2.46. The summed E-state index contributed by atoms with van der Waals surface area (Å²) in [7, 11) is 0. The number of hydrogen-bond acceptors (Lipinski definition) is 3. The van der Waals surface area contributed by atoms with Crippen molar-refractivity contribution in [1.29, 1.82) is 0 Å². The average Bonchev–Trinajstić information content (AvgIpc) is 3.28. The van der Waals surface area contributed by atoms with Crippen LogP contribution in [0.5, 0.6) is 0 Å². The number of carbonyl (C=O) groups is 1. The molecule has 6 heteroatoms. The first-order chi connectivity index (χ1) is 10.7. The standard InChI is InChI=1S/C16H21ClFN3O/c17-13-2-1-3-14(18)15(13)11-10-12(11)16(22)20-6-9-21-7-4-19-5-8-21/h1-3,11-12,19H,4-10H2,(H,20,22)/t11-,12-/m1/s1. The molecular formula is C16H21ClFN3O. The smallest absolute Gasteiger partial charge is 0.223 e. The second-order valence-electron chi connectivity index (χ2n) is 5.97. The third-order valence-corrected chi connectivity index (χ3v) is 4.76. The van der Waals surface area contributed by atoms with Crippen LogP contribution < -0.4 is 10.6 Å². The van der Waals surface area contributed by atoms with E-state index in [0.717, 1.165) is 32.7 Å². The van der Waals surface area contributed by atoms with Crippen molar-refractivity contribution in [2.24, 2.45) is 5.92 Å². The summed E-state index contributed by atoms with van der Waals surface area (Å²) in [5, 5.41) is 6.68. The van der Waals surface area contributed by atoms with Gasteiger partial charge in [-0.05, 0) is 18.6 Å². The van der Waals surface area contributed by atoms with Crippen LogP contribution in [0.1, 0.15) is 17.9 Å². The molecule has 2 N–H and O–H groups in total. The molecule has 4 nitrogen and oxygen atoms in total. The van der Waals surface area contributed by atoms with Crippen LogP contribution in [0.2, 0.25) is 5.02 Å². The highest BCUT2D eigenvalue weighted by molar-refractivity contribution is 6.31. The van der Waals surface area contributed by atoms with Crippen LogP contribution in [-0.2, 0) is 4.79 Å². The lowest BCUT2D eigenvalue weighted by atomic mass is 10.1. The number of carbonyl (C=O) groups excluding carboxylic acids is 1. The van der Waals surface area contributed by atoms with Gasteiger partial charge in [0.05, 0.1) is 0 Å². The summed E-state index contributed by atoms with van der Waals surface area (Å²) in [4.78, 5) is 14.5. The number of benzene rings is 1. The summed E-state index contributed by atoms with van der Waals surface area (Å²) in [6.45, 7) is 5.56. The van der Waals surface area contributed by atoms with Crippen molar-refractivity contribution in [3.8, 4) is 0 Å². The number of rotatable bonds is 5. The van der Waals surface area contributed by atoms with Crippen LogP contribution in [0.3, 0.4) is 0 Å². The zero-order valence-electron chi connectivity index (χ0n) is 12.4.